The highest BCUT2D eigenvalue weighted by atomic mass is 32.1. The molecule has 0 aliphatic rings. The molecule has 0 fully saturated rings. The summed E-state index contributed by atoms with van der Waals surface area (Å²) in [7, 11) is 0. The van der Waals surface area contributed by atoms with Crippen LogP contribution in [0.4, 0.5) is 0 Å². The van der Waals surface area contributed by atoms with Crippen LogP contribution in [0.15, 0.2) is 0 Å². The van der Waals surface area contributed by atoms with Crippen LogP contribution in [0.5, 0.6) is 0 Å². The van der Waals surface area contributed by atoms with Crippen LogP contribution in [0.3, 0.4) is 0 Å². The molecule has 0 aliphatic heterocycles. The zero-order valence-corrected chi connectivity index (χ0v) is 7.43. The van der Waals surface area contributed by atoms with E-state index in [1.807, 2.05) is 0 Å². The van der Waals surface area contributed by atoms with Crippen LogP contribution in [0.25, 0.3) is 0 Å². The Bertz CT molecular complexity index is 197. The number of Topliss-reactive ketones (excluding diaryl/α,β-unsaturated/α-hetero) is 1. The molecule has 0 saturated heterocycles. The molecule has 1 atom stereocenters. The van der Waals surface area contributed by atoms with Crippen LogP contribution in [0.1, 0.15) is 19.8 Å². The minimum atomic E-state index is -1.00. The largest absolute Gasteiger partial charge is 0.501 e. The van der Waals surface area contributed by atoms with Gasteiger partial charge in [0.05, 0.1) is 5.92 Å². The summed E-state index contributed by atoms with van der Waals surface area (Å²) in [6.45, 7) is 1.27. The molecule has 1 unspecified atom stereocenters. The third kappa shape index (κ3) is 4.02. The van der Waals surface area contributed by atoms with Crippen LogP contribution in [0.2, 0.25) is 0 Å². The maximum absolute atomic E-state index is 10.8. The first-order valence-electron chi connectivity index (χ1n) is 3.40. The zero-order chi connectivity index (χ0) is 9.72. The first-order chi connectivity index (χ1) is 5.45. The number of aliphatic hydroxyl groups excluding tert-OH is 1. The van der Waals surface area contributed by atoms with E-state index in [-0.39, 0.29) is 18.6 Å². The van der Waals surface area contributed by atoms with Crippen LogP contribution in [-0.4, -0.2) is 27.0 Å². The second kappa shape index (κ2) is 4.82. The van der Waals surface area contributed by atoms with Crippen molar-refractivity contribution in [2.24, 2.45) is 5.92 Å². The van der Waals surface area contributed by atoms with E-state index in [4.69, 9.17) is 10.2 Å². The van der Waals surface area contributed by atoms with Gasteiger partial charge in [0.1, 0.15) is 5.78 Å². The lowest BCUT2D eigenvalue weighted by atomic mass is 10.0. The predicted molar refractivity (Wildman–Crippen MR) is 46.3 cm³/mol. The van der Waals surface area contributed by atoms with Gasteiger partial charge in [-0.15, -0.1) is 0 Å². The Morgan fingerprint density at radius 1 is 1.42 bits per heavy atom. The number of carboxylic acids is 1. The van der Waals surface area contributed by atoms with Crippen molar-refractivity contribution in [2.45, 2.75) is 19.8 Å². The normalized spacial score (nSPS) is 12.1. The van der Waals surface area contributed by atoms with E-state index in [1.165, 1.54) is 6.92 Å². The fourth-order valence-electron chi connectivity index (χ4n) is 0.768. The van der Waals surface area contributed by atoms with Gasteiger partial charge in [0.25, 0.3) is 0 Å². The van der Waals surface area contributed by atoms with E-state index in [0.29, 0.717) is 0 Å². The van der Waals surface area contributed by atoms with E-state index < -0.39 is 16.9 Å². The molecule has 0 aromatic rings. The Morgan fingerprint density at radius 2 is 1.92 bits per heavy atom. The topological polar surface area (TPSA) is 74.6 Å². The lowest BCUT2D eigenvalue weighted by molar-refractivity contribution is -0.137. The standard InChI is InChI=1S/C7H10O4S/c1-4(8)5(7(11)12)2-3-6(9)10/h5H,2-3H2,1H3,(H,9,10)(H,11,12). The maximum atomic E-state index is 10.8. The Morgan fingerprint density at radius 3 is 2.17 bits per heavy atom. The van der Waals surface area contributed by atoms with Crippen molar-refractivity contribution in [1.82, 2.24) is 0 Å². The minimum absolute atomic E-state index is 0.0694. The molecule has 0 rings (SSSR count). The van der Waals surface area contributed by atoms with Crippen molar-refractivity contribution >= 4 is 29.0 Å². The third-order valence-corrected chi connectivity index (χ3v) is 1.72. The van der Waals surface area contributed by atoms with E-state index >= 15 is 0 Å². The van der Waals surface area contributed by atoms with Gasteiger partial charge >= 0.3 is 5.97 Å². The molecule has 0 radical (unpaired) electrons. The van der Waals surface area contributed by atoms with Gasteiger partial charge in [-0.2, -0.15) is 0 Å². The van der Waals surface area contributed by atoms with Gasteiger partial charge in [0, 0.05) is 6.42 Å². The number of carboxylic acid groups (broad SMARTS) is 1. The Labute approximate surface area is 75.2 Å². The summed E-state index contributed by atoms with van der Waals surface area (Å²) in [6.07, 6.45) is -0.0923. The molecule has 0 aliphatic carbocycles. The second-order valence-electron chi connectivity index (χ2n) is 2.43. The van der Waals surface area contributed by atoms with Crippen LogP contribution in [-0.2, 0) is 9.59 Å². The van der Waals surface area contributed by atoms with Crippen molar-refractivity contribution in [3.63, 3.8) is 0 Å². The molecule has 12 heavy (non-hydrogen) atoms. The van der Waals surface area contributed by atoms with E-state index in [2.05, 4.69) is 12.2 Å². The van der Waals surface area contributed by atoms with Gasteiger partial charge in [0.15, 0.2) is 5.05 Å². The molecule has 0 aromatic carbocycles. The van der Waals surface area contributed by atoms with Crippen molar-refractivity contribution in [3.8, 4) is 0 Å². The summed E-state index contributed by atoms with van der Waals surface area (Å²) in [5.74, 6) is -2.11. The fraction of sp³-hybridized carbons (Fsp3) is 0.571. The number of aliphatic hydroxyl groups is 1. The van der Waals surface area contributed by atoms with Gasteiger partial charge < -0.3 is 10.2 Å². The van der Waals surface area contributed by atoms with E-state index in [9.17, 15) is 9.59 Å². The Hall–Kier alpha value is -0.970. The quantitative estimate of drug-likeness (QED) is 0.631. The molecular weight excluding hydrogens is 180 g/mol. The first-order valence-corrected chi connectivity index (χ1v) is 3.81. The highest BCUT2D eigenvalue weighted by Crippen LogP contribution is 2.09. The van der Waals surface area contributed by atoms with E-state index in [1.54, 1.807) is 0 Å². The smallest absolute Gasteiger partial charge is 0.303 e. The second-order valence-corrected chi connectivity index (χ2v) is 2.85. The van der Waals surface area contributed by atoms with Gasteiger partial charge in [-0.05, 0) is 25.6 Å². The lowest BCUT2D eigenvalue weighted by Gasteiger charge is -2.07. The highest BCUT2D eigenvalue weighted by molar-refractivity contribution is 7.80. The maximum Gasteiger partial charge on any atom is 0.303 e. The van der Waals surface area contributed by atoms with Gasteiger partial charge in [-0.25, -0.2) is 0 Å². The van der Waals surface area contributed by atoms with Gasteiger partial charge in [0.2, 0.25) is 0 Å². The molecule has 0 bridgehead atoms. The third-order valence-electron chi connectivity index (χ3n) is 1.44. The number of ketones is 1. The summed E-state index contributed by atoms with van der Waals surface area (Å²) in [5.41, 5.74) is 0. The molecule has 68 valence electrons. The molecule has 0 saturated carbocycles. The zero-order valence-electron chi connectivity index (χ0n) is 6.61. The number of thiocarbonyl (C=S) groups is 1. The van der Waals surface area contributed by atoms with Crippen LogP contribution in [0, 0.1) is 5.92 Å². The number of aliphatic carboxylic acids is 1. The SMILES string of the molecule is CC(=O)C(CCC(=O)O)C(O)=S. The average Bonchev–Trinajstić information content (AvgIpc) is 1.84. The summed E-state index contributed by atoms with van der Waals surface area (Å²) in [4.78, 5) is 20.9. The summed E-state index contributed by atoms with van der Waals surface area (Å²) >= 11 is 4.39. The molecule has 0 heterocycles. The molecule has 4 nitrogen and oxygen atoms in total. The molecule has 0 aromatic heterocycles. The summed E-state index contributed by atoms with van der Waals surface area (Å²) in [5, 5.41) is 16.7. The Kier molecular flexibility index (Phi) is 4.43. The number of rotatable bonds is 5. The number of hydrogen-bond acceptors (Lipinski definition) is 3. The Balaban J connectivity index is 4.06. The minimum Gasteiger partial charge on any atom is -0.501 e. The monoisotopic (exact) mass is 190 g/mol. The number of hydrogen-bond donors (Lipinski definition) is 2. The molecule has 0 amide bonds. The molecule has 0 spiro atoms. The highest BCUT2D eigenvalue weighted by Gasteiger charge is 2.19. The van der Waals surface area contributed by atoms with Crippen LogP contribution < -0.4 is 0 Å². The number of carbonyl (C=O) groups is 2. The van der Waals surface area contributed by atoms with Crippen molar-refractivity contribution in [2.75, 3.05) is 0 Å². The molecule has 5 heteroatoms. The first kappa shape index (κ1) is 11.0. The average molecular weight is 190 g/mol. The van der Waals surface area contributed by atoms with Gasteiger partial charge in [-0.1, -0.05) is 0 Å². The van der Waals surface area contributed by atoms with Crippen molar-refractivity contribution in [1.29, 1.82) is 0 Å². The molecular formula is C7H10O4S. The van der Waals surface area contributed by atoms with E-state index in [0.717, 1.165) is 0 Å². The van der Waals surface area contributed by atoms with Crippen LogP contribution >= 0.6 is 12.2 Å². The predicted octanol–water partition coefficient (Wildman–Crippen LogP) is 0.942. The number of carbonyl (C=O) groups excluding carboxylic acids is 1. The summed E-state index contributed by atoms with van der Waals surface area (Å²) in [6, 6.07) is 0. The summed E-state index contributed by atoms with van der Waals surface area (Å²) < 4.78 is 0. The van der Waals surface area contributed by atoms with Gasteiger partial charge in [-0.3, -0.25) is 9.59 Å². The fourth-order valence-corrected chi connectivity index (χ4v) is 1.05. The lowest BCUT2D eigenvalue weighted by Crippen LogP contribution is -2.20. The van der Waals surface area contributed by atoms with Crippen molar-refractivity contribution < 1.29 is 19.8 Å². The molecule has 2 N–H and O–H groups in total. The van der Waals surface area contributed by atoms with Crippen molar-refractivity contribution in [3.05, 3.63) is 0 Å².